The first-order valence-corrected chi connectivity index (χ1v) is 14.9. The van der Waals surface area contributed by atoms with Gasteiger partial charge in [-0.25, -0.2) is 18.5 Å². The second-order valence-electron chi connectivity index (χ2n) is 7.59. The number of phosphoric ester groups is 1. The number of unbranched alkanes of at least 4 members (excludes halogenated alkanes) is 2. The van der Waals surface area contributed by atoms with E-state index in [0.717, 1.165) is 24.0 Å². The lowest BCUT2D eigenvalue weighted by Crippen LogP contribution is -2.36. The van der Waals surface area contributed by atoms with E-state index < -0.39 is 59.8 Å². The van der Waals surface area contributed by atoms with Crippen molar-refractivity contribution in [2.24, 2.45) is 0 Å². The molecule has 1 aromatic heterocycles. The van der Waals surface area contributed by atoms with Crippen LogP contribution in [-0.4, -0.2) is 66.6 Å². The van der Waals surface area contributed by atoms with Crippen molar-refractivity contribution in [3.63, 3.8) is 0 Å². The van der Waals surface area contributed by atoms with Crippen LogP contribution in [0.2, 0.25) is 0 Å². The number of phosphoric acid groups is 3. The number of rotatable bonds is 14. The zero-order valence-corrected chi connectivity index (χ0v) is 21.6. The van der Waals surface area contributed by atoms with E-state index in [0.29, 0.717) is 6.42 Å². The molecule has 2 rings (SSSR count). The molecule has 1 saturated heterocycles. The Labute approximate surface area is 204 Å². The fourth-order valence-corrected chi connectivity index (χ4v) is 6.20. The third-order valence-electron chi connectivity index (χ3n) is 4.62. The van der Waals surface area contributed by atoms with Gasteiger partial charge < -0.3 is 34.7 Å². The number of aromatic nitrogens is 2. The van der Waals surface area contributed by atoms with Crippen LogP contribution in [-0.2, 0) is 31.6 Å². The highest BCUT2D eigenvalue weighted by Crippen LogP contribution is 2.66. The third kappa shape index (κ3) is 10.2. The van der Waals surface area contributed by atoms with Crippen molar-refractivity contribution in [3.8, 4) is 0 Å². The Hall–Kier alpha value is -1.29. The Morgan fingerprint density at radius 1 is 1.17 bits per heavy atom. The van der Waals surface area contributed by atoms with Gasteiger partial charge in [0.25, 0.3) is 5.56 Å². The van der Waals surface area contributed by atoms with E-state index in [1.807, 2.05) is 7.05 Å². The maximum Gasteiger partial charge on any atom is 0.490 e. The molecule has 1 aliphatic heterocycles. The lowest BCUT2D eigenvalue weighted by atomic mass is 10.2. The number of aliphatic hydroxyl groups excluding tert-OH is 1. The molecule has 17 nitrogen and oxygen atoms in total. The van der Waals surface area contributed by atoms with E-state index in [1.54, 1.807) is 6.08 Å². The molecule has 20 heteroatoms. The largest absolute Gasteiger partial charge is 0.490 e. The number of H-pyrrole nitrogens is 1. The van der Waals surface area contributed by atoms with E-state index in [4.69, 9.17) is 19.4 Å². The topological polar surface area (TPSA) is 256 Å². The van der Waals surface area contributed by atoms with Gasteiger partial charge in [-0.1, -0.05) is 12.2 Å². The van der Waals surface area contributed by atoms with Gasteiger partial charge in [0, 0.05) is 12.6 Å². The highest BCUT2D eigenvalue weighted by molar-refractivity contribution is 7.66. The van der Waals surface area contributed by atoms with Gasteiger partial charge in [-0.2, -0.15) is 8.62 Å². The zero-order chi connectivity index (χ0) is 27.1. The van der Waals surface area contributed by atoms with E-state index in [-0.39, 0.29) is 12.0 Å². The van der Waals surface area contributed by atoms with Crippen LogP contribution in [0, 0.1) is 0 Å². The van der Waals surface area contributed by atoms with Crippen LogP contribution in [0.5, 0.6) is 0 Å². The number of aliphatic hydroxyl groups is 1. The van der Waals surface area contributed by atoms with Gasteiger partial charge >= 0.3 is 29.2 Å². The summed E-state index contributed by atoms with van der Waals surface area (Å²) in [5.41, 5.74) is -1.42. The van der Waals surface area contributed by atoms with Gasteiger partial charge in [0.2, 0.25) is 0 Å². The molecule has 0 spiro atoms. The van der Waals surface area contributed by atoms with Gasteiger partial charge in [-0.05, 0) is 32.9 Å². The predicted octanol–water partition coefficient (Wildman–Crippen LogP) is -0.0688. The van der Waals surface area contributed by atoms with Gasteiger partial charge in [0.05, 0.1) is 18.3 Å². The smallest absolute Gasteiger partial charge is 0.388 e. The SMILES string of the molecule is CNCCCC/C=C/c1cn([C@@H]2O[C@H](COP(=O)(O)OP(=O)(O)OP(=O)(O)O)CC2O)c(=O)[nH]c1=O. The summed E-state index contributed by atoms with van der Waals surface area (Å²) in [6.45, 7) is 0.0498. The number of ether oxygens (including phenoxy) is 1. The van der Waals surface area contributed by atoms with Crippen molar-refractivity contribution in [1.29, 1.82) is 0 Å². The molecule has 0 radical (unpaired) electrons. The molecule has 36 heavy (non-hydrogen) atoms. The normalized spacial score (nSPS) is 24.1. The summed E-state index contributed by atoms with van der Waals surface area (Å²) in [5, 5.41) is 13.3. The number of nitrogens with one attached hydrogen (secondary N) is 2. The Balaban J connectivity index is 2.04. The average molecular weight is 579 g/mol. The maximum absolute atomic E-state index is 12.3. The molecule has 0 bridgehead atoms. The molecule has 0 aliphatic carbocycles. The third-order valence-corrected chi connectivity index (χ3v) is 8.42. The molecule has 0 amide bonds. The molecule has 2 heterocycles. The summed E-state index contributed by atoms with van der Waals surface area (Å²) >= 11 is 0. The summed E-state index contributed by atoms with van der Waals surface area (Å²) in [5.74, 6) is 0. The van der Waals surface area contributed by atoms with Crippen LogP contribution < -0.4 is 16.6 Å². The number of hydrogen-bond acceptors (Lipinski definition) is 11. The molecular formula is C16H28N3O14P3. The average Bonchev–Trinajstić information content (AvgIpc) is 3.08. The molecule has 5 atom stereocenters. The zero-order valence-electron chi connectivity index (χ0n) is 18.9. The number of hydrogen-bond donors (Lipinski definition) is 7. The van der Waals surface area contributed by atoms with Gasteiger partial charge in [-0.15, -0.1) is 0 Å². The van der Waals surface area contributed by atoms with Crippen molar-refractivity contribution >= 4 is 29.5 Å². The minimum atomic E-state index is -5.68. The van der Waals surface area contributed by atoms with E-state index in [1.165, 1.54) is 12.3 Å². The van der Waals surface area contributed by atoms with Gasteiger partial charge in [-0.3, -0.25) is 18.9 Å². The van der Waals surface area contributed by atoms with Gasteiger partial charge in [0.15, 0.2) is 6.23 Å². The van der Waals surface area contributed by atoms with Crippen molar-refractivity contribution < 1.29 is 56.3 Å². The van der Waals surface area contributed by atoms with E-state index >= 15 is 0 Å². The van der Waals surface area contributed by atoms with E-state index in [9.17, 15) is 33.3 Å². The molecule has 0 aromatic carbocycles. The summed E-state index contributed by atoms with van der Waals surface area (Å²) in [4.78, 5) is 62.3. The first-order valence-electron chi connectivity index (χ1n) is 10.4. The summed E-state index contributed by atoms with van der Waals surface area (Å²) in [6, 6.07) is 0. The fraction of sp³-hybridized carbons (Fsp3) is 0.625. The first-order chi connectivity index (χ1) is 16.6. The number of allylic oxidation sites excluding steroid dienone is 1. The molecule has 206 valence electrons. The standard InChI is InChI=1S/C16H28N3O14P3/c1-17-7-5-3-2-4-6-11-9-19(16(22)18-14(11)21)15-13(20)8-12(31-15)10-30-35(26,27)33-36(28,29)32-34(23,24)25/h4,6,9,12-13,15,17,20H,2-3,5,7-8,10H2,1H3,(H,26,27)(H,28,29)(H,18,21,22)(H2,23,24,25)/b6-4+/t12-,13?,15+/m0/s1. The van der Waals surface area contributed by atoms with Gasteiger partial charge in [0.1, 0.15) is 6.10 Å². The Kier molecular flexibility index (Phi) is 11.2. The lowest BCUT2D eigenvalue weighted by molar-refractivity contribution is -0.0524. The first kappa shape index (κ1) is 30.9. The Morgan fingerprint density at radius 2 is 1.86 bits per heavy atom. The van der Waals surface area contributed by atoms with Crippen LogP contribution in [0.1, 0.15) is 37.5 Å². The van der Waals surface area contributed by atoms with Crippen LogP contribution in [0.25, 0.3) is 6.08 Å². The van der Waals surface area contributed by atoms with Crippen LogP contribution in [0.4, 0.5) is 0 Å². The van der Waals surface area contributed by atoms with Crippen LogP contribution in [0.3, 0.4) is 0 Å². The van der Waals surface area contributed by atoms with Crippen molar-refractivity contribution in [3.05, 3.63) is 38.7 Å². The maximum atomic E-state index is 12.3. The summed E-state index contributed by atoms with van der Waals surface area (Å²) < 4.78 is 52.0. The van der Waals surface area contributed by atoms with Crippen molar-refractivity contribution in [2.45, 2.75) is 44.1 Å². The number of nitrogens with zero attached hydrogens (tertiary/aromatic N) is 1. The van der Waals surface area contributed by atoms with Crippen molar-refractivity contribution in [1.82, 2.24) is 14.9 Å². The fourth-order valence-electron chi connectivity index (χ4n) is 3.15. The lowest BCUT2D eigenvalue weighted by Gasteiger charge is -2.19. The molecular weight excluding hydrogens is 551 g/mol. The Morgan fingerprint density at radius 3 is 2.50 bits per heavy atom. The minimum absolute atomic E-state index is 0.121. The summed E-state index contributed by atoms with van der Waals surface area (Å²) in [6.07, 6.45) is 2.97. The number of aromatic amines is 1. The second-order valence-corrected chi connectivity index (χ2v) is 12.0. The minimum Gasteiger partial charge on any atom is -0.388 e. The van der Waals surface area contributed by atoms with Crippen molar-refractivity contribution in [2.75, 3.05) is 20.2 Å². The highest BCUT2D eigenvalue weighted by atomic mass is 31.3. The molecule has 1 fully saturated rings. The summed E-state index contributed by atoms with van der Waals surface area (Å²) in [7, 11) is -14.8. The molecule has 3 unspecified atom stereocenters. The quantitative estimate of drug-likeness (QED) is 0.112. The van der Waals surface area contributed by atoms with Crippen LogP contribution in [0.15, 0.2) is 21.9 Å². The monoisotopic (exact) mass is 579 g/mol. The molecule has 1 aromatic rings. The molecule has 1 aliphatic rings. The molecule has 0 saturated carbocycles. The van der Waals surface area contributed by atoms with Crippen LogP contribution >= 0.6 is 23.5 Å². The second kappa shape index (κ2) is 13.0. The molecule has 7 N–H and O–H groups in total. The van der Waals surface area contributed by atoms with E-state index in [2.05, 4.69) is 23.4 Å². The highest BCUT2D eigenvalue weighted by Gasteiger charge is 2.42. The Bertz CT molecular complexity index is 1180. The predicted molar refractivity (Wildman–Crippen MR) is 122 cm³/mol.